The Balaban J connectivity index is 1.64. The van der Waals surface area contributed by atoms with Gasteiger partial charge in [-0.1, -0.05) is 42.5 Å². The number of carbonyl (C=O) groups excluding carboxylic acids is 2. The molecule has 1 atom stereocenters. The van der Waals surface area contributed by atoms with Gasteiger partial charge in [0.05, 0.1) is 7.11 Å². The molecule has 3 rings (SSSR count). The van der Waals surface area contributed by atoms with Crippen molar-refractivity contribution < 1.29 is 14.3 Å². The fourth-order valence-corrected chi connectivity index (χ4v) is 3.72. The van der Waals surface area contributed by atoms with E-state index in [1.54, 1.807) is 7.11 Å². The summed E-state index contributed by atoms with van der Waals surface area (Å²) in [6, 6.07) is 16.8. The Morgan fingerprint density at radius 3 is 2.27 bits per heavy atom. The van der Waals surface area contributed by atoms with E-state index in [1.807, 2.05) is 49.4 Å². The molecule has 0 radical (unpaired) electrons. The number of carbonyl (C=O) groups is 2. The third-order valence-electron chi connectivity index (χ3n) is 5.27. The van der Waals surface area contributed by atoms with E-state index in [4.69, 9.17) is 4.74 Å². The molecule has 0 aliphatic carbocycles. The minimum Gasteiger partial charge on any atom is -0.497 e. The van der Waals surface area contributed by atoms with Crippen LogP contribution in [0, 0.1) is 0 Å². The Morgan fingerprint density at radius 1 is 1.00 bits per heavy atom. The number of rotatable bonds is 7. The van der Waals surface area contributed by atoms with E-state index >= 15 is 0 Å². The number of amides is 3. The molecule has 30 heavy (non-hydrogen) atoms. The van der Waals surface area contributed by atoms with Crippen molar-refractivity contribution in [1.82, 2.24) is 20.4 Å². The second-order valence-electron chi connectivity index (χ2n) is 7.32. The highest BCUT2D eigenvalue weighted by Gasteiger charge is 2.31. The number of methoxy groups -OCH3 is 1. The number of nitrogens with zero attached hydrogens (tertiary/aromatic N) is 2. The minimum atomic E-state index is -0.489. The van der Waals surface area contributed by atoms with Gasteiger partial charge in [0, 0.05) is 39.3 Å². The first-order valence-corrected chi connectivity index (χ1v) is 10.3. The lowest BCUT2D eigenvalue weighted by molar-refractivity contribution is -0.126. The molecule has 7 nitrogen and oxygen atoms in total. The smallest absolute Gasteiger partial charge is 0.321 e. The first-order chi connectivity index (χ1) is 14.6. The van der Waals surface area contributed by atoms with E-state index in [-0.39, 0.29) is 5.91 Å². The van der Waals surface area contributed by atoms with Crippen LogP contribution < -0.4 is 15.4 Å². The lowest BCUT2D eigenvalue weighted by Crippen LogP contribution is -2.52. The summed E-state index contributed by atoms with van der Waals surface area (Å²) in [6.45, 7) is 6.35. The zero-order valence-electron chi connectivity index (χ0n) is 17.6. The lowest BCUT2D eigenvalue weighted by atomic mass is 10.0. The predicted molar refractivity (Wildman–Crippen MR) is 116 cm³/mol. The Morgan fingerprint density at radius 2 is 1.67 bits per heavy atom. The van der Waals surface area contributed by atoms with E-state index in [0.717, 1.165) is 44.0 Å². The summed E-state index contributed by atoms with van der Waals surface area (Å²) in [4.78, 5) is 29.3. The van der Waals surface area contributed by atoms with Crippen molar-refractivity contribution in [3.05, 3.63) is 65.7 Å². The molecule has 0 aromatic heterocycles. The third-order valence-corrected chi connectivity index (χ3v) is 5.27. The number of nitrogens with one attached hydrogen (secondary N) is 2. The molecule has 0 unspecified atom stereocenters. The monoisotopic (exact) mass is 410 g/mol. The number of imide groups is 1. The van der Waals surface area contributed by atoms with Gasteiger partial charge in [-0.2, -0.15) is 0 Å². The van der Waals surface area contributed by atoms with Crippen LogP contribution in [0.4, 0.5) is 4.79 Å². The van der Waals surface area contributed by atoms with Crippen molar-refractivity contribution in [1.29, 1.82) is 0 Å². The van der Waals surface area contributed by atoms with Crippen LogP contribution in [0.5, 0.6) is 5.75 Å². The van der Waals surface area contributed by atoms with E-state index < -0.39 is 12.1 Å². The van der Waals surface area contributed by atoms with Crippen LogP contribution in [-0.2, 0) is 11.3 Å². The zero-order chi connectivity index (χ0) is 21.3. The van der Waals surface area contributed by atoms with Gasteiger partial charge in [-0.3, -0.25) is 19.9 Å². The lowest BCUT2D eigenvalue weighted by Gasteiger charge is -2.38. The topological polar surface area (TPSA) is 73.9 Å². The molecule has 1 heterocycles. The third kappa shape index (κ3) is 5.81. The summed E-state index contributed by atoms with van der Waals surface area (Å²) < 4.78 is 5.22. The summed E-state index contributed by atoms with van der Waals surface area (Å²) >= 11 is 0. The fourth-order valence-electron chi connectivity index (χ4n) is 3.72. The van der Waals surface area contributed by atoms with E-state index in [9.17, 15) is 9.59 Å². The van der Waals surface area contributed by atoms with Crippen LogP contribution in [0.2, 0.25) is 0 Å². The quantitative estimate of drug-likeness (QED) is 0.733. The Bertz CT molecular complexity index is 818. The zero-order valence-corrected chi connectivity index (χ0v) is 17.6. The average Bonchev–Trinajstić information content (AvgIpc) is 2.76. The molecule has 2 N–H and O–H groups in total. The maximum absolute atomic E-state index is 12.9. The number of benzene rings is 2. The van der Waals surface area contributed by atoms with Crippen molar-refractivity contribution >= 4 is 11.9 Å². The van der Waals surface area contributed by atoms with E-state index in [2.05, 4.69) is 32.6 Å². The van der Waals surface area contributed by atoms with Crippen LogP contribution in [-0.4, -0.2) is 61.6 Å². The summed E-state index contributed by atoms with van der Waals surface area (Å²) in [6.07, 6.45) is 0. The Hall–Kier alpha value is -2.90. The summed E-state index contributed by atoms with van der Waals surface area (Å²) in [5, 5.41) is 5.10. The molecule has 160 valence electrons. The van der Waals surface area contributed by atoms with Crippen molar-refractivity contribution in [3.8, 4) is 5.75 Å². The molecular formula is C23H30N4O3. The van der Waals surface area contributed by atoms with Crippen LogP contribution in [0.25, 0.3) is 0 Å². The number of piperazine rings is 1. The fraction of sp³-hybridized carbons (Fsp3) is 0.391. The van der Waals surface area contributed by atoms with Gasteiger partial charge < -0.3 is 10.1 Å². The molecule has 2 aromatic carbocycles. The summed E-state index contributed by atoms with van der Waals surface area (Å²) in [5.41, 5.74) is 2.13. The Labute approximate surface area is 178 Å². The number of hydrogen-bond donors (Lipinski definition) is 2. The highest BCUT2D eigenvalue weighted by molar-refractivity contribution is 5.97. The molecule has 1 fully saturated rings. The number of hydrogen-bond acceptors (Lipinski definition) is 5. The molecular weight excluding hydrogens is 380 g/mol. The van der Waals surface area contributed by atoms with E-state index in [1.165, 1.54) is 5.56 Å². The largest absolute Gasteiger partial charge is 0.497 e. The second-order valence-corrected chi connectivity index (χ2v) is 7.32. The van der Waals surface area contributed by atoms with Crippen LogP contribution in [0.1, 0.15) is 24.1 Å². The molecule has 1 saturated heterocycles. The van der Waals surface area contributed by atoms with Crippen molar-refractivity contribution in [2.45, 2.75) is 19.5 Å². The molecule has 1 aliphatic rings. The molecule has 0 bridgehead atoms. The summed E-state index contributed by atoms with van der Waals surface area (Å²) in [7, 11) is 1.67. The minimum absolute atomic E-state index is 0.296. The van der Waals surface area contributed by atoms with Crippen LogP contribution in [0.3, 0.4) is 0 Å². The van der Waals surface area contributed by atoms with Gasteiger partial charge >= 0.3 is 6.03 Å². The standard InChI is InChI=1S/C23H30N4O3/c1-3-24-23(29)25-22(28)21(19-7-5-4-6-8-19)27-15-13-26(14-16-27)17-18-9-11-20(30-2)12-10-18/h4-12,21H,3,13-17H2,1-2H3,(H2,24,25,28,29)/t21-/m1/s1. The molecule has 0 saturated carbocycles. The highest BCUT2D eigenvalue weighted by atomic mass is 16.5. The van der Waals surface area contributed by atoms with Gasteiger partial charge in [0.15, 0.2) is 0 Å². The number of urea groups is 1. The van der Waals surface area contributed by atoms with Gasteiger partial charge in [0.1, 0.15) is 11.8 Å². The first kappa shape index (κ1) is 21.8. The van der Waals surface area contributed by atoms with Gasteiger partial charge in [-0.05, 0) is 30.2 Å². The summed E-state index contributed by atoms with van der Waals surface area (Å²) in [5.74, 6) is 0.558. The average molecular weight is 411 g/mol. The highest BCUT2D eigenvalue weighted by Crippen LogP contribution is 2.23. The Kier molecular flexibility index (Phi) is 7.82. The second kappa shape index (κ2) is 10.8. The molecule has 1 aliphatic heterocycles. The van der Waals surface area contributed by atoms with E-state index in [0.29, 0.717) is 6.54 Å². The van der Waals surface area contributed by atoms with Crippen LogP contribution >= 0.6 is 0 Å². The predicted octanol–water partition coefficient (Wildman–Crippen LogP) is 2.40. The van der Waals surface area contributed by atoms with Crippen molar-refractivity contribution in [2.75, 3.05) is 39.8 Å². The molecule has 2 aromatic rings. The SMILES string of the molecule is CCNC(=O)NC(=O)[C@@H](c1ccccc1)N1CCN(Cc2ccc(OC)cc2)CC1. The van der Waals surface area contributed by atoms with Crippen molar-refractivity contribution in [2.24, 2.45) is 0 Å². The van der Waals surface area contributed by atoms with Gasteiger partial charge in [-0.25, -0.2) is 4.79 Å². The molecule has 7 heteroatoms. The maximum Gasteiger partial charge on any atom is 0.321 e. The molecule has 0 spiro atoms. The van der Waals surface area contributed by atoms with Crippen molar-refractivity contribution in [3.63, 3.8) is 0 Å². The normalized spacial score (nSPS) is 15.9. The molecule has 3 amide bonds. The van der Waals surface area contributed by atoms with Gasteiger partial charge in [0.2, 0.25) is 5.91 Å². The first-order valence-electron chi connectivity index (χ1n) is 10.3. The number of ether oxygens (including phenoxy) is 1. The van der Waals surface area contributed by atoms with Crippen LogP contribution in [0.15, 0.2) is 54.6 Å². The maximum atomic E-state index is 12.9. The van der Waals surface area contributed by atoms with Gasteiger partial charge in [0.25, 0.3) is 0 Å². The van der Waals surface area contributed by atoms with Gasteiger partial charge in [-0.15, -0.1) is 0 Å².